The first kappa shape index (κ1) is 14.0. The summed E-state index contributed by atoms with van der Waals surface area (Å²) >= 11 is 0. The number of carboxylic acid groups (broad SMARTS) is 1. The number of carbonyl (C=O) groups excluding carboxylic acids is 1. The van der Waals surface area contributed by atoms with E-state index in [2.05, 4.69) is 0 Å². The van der Waals surface area contributed by atoms with Crippen LogP contribution < -0.4 is 0 Å². The molecule has 1 aliphatic heterocycles. The smallest absolute Gasteiger partial charge is 0.323 e. The van der Waals surface area contributed by atoms with E-state index in [1.165, 1.54) is 4.90 Å². The number of hydrogen-bond donors (Lipinski definition) is 1. The van der Waals surface area contributed by atoms with Crippen molar-refractivity contribution in [2.45, 2.75) is 32.2 Å². The van der Waals surface area contributed by atoms with Gasteiger partial charge in [-0.3, -0.25) is 9.59 Å². The van der Waals surface area contributed by atoms with Crippen molar-refractivity contribution in [2.24, 2.45) is 0 Å². The van der Waals surface area contributed by atoms with Gasteiger partial charge in [0, 0.05) is 12.5 Å². The number of amides is 1. The van der Waals surface area contributed by atoms with Crippen LogP contribution in [0.2, 0.25) is 0 Å². The highest BCUT2D eigenvalue weighted by Crippen LogP contribution is 2.18. The summed E-state index contributed by atoms with van der Waals surface area (Å²) in [6.07, 6.45) is 1.21. The molecule has 0 bridgehead atoms. The number of carbonyl (C=O) groups is 2. The van der Waals surface area contributed by atoms with Gasteiger partial charge in [0.05, 0.1) is 11.5 Å². The minimum absolute atomic E-state index is 0.0349. The molecule has 0 aromatic carbocycles. The van der Waals surface area contributed by atoms with Gasteiger partial charge in [-0.25, -0.2) is 8.42 Å². The molecule has 1 fully saturated rings. The van der Waals surface area contributed by atoms with Crippen LogP contribution in [0.15, 0.2) is 0 Å². The van der Waals surface area contributed by atoms with Crippen molar-refractivity contribution >= 4 is 21.7 Å². The maximum atomic E-state index is 11.7. The molecule has 7 heteroatoms. The van der Waals surface area contributed by atoms with Crippen molar-refractivity contribution < 1.29 is 23.1 Å². The van der Waals surface area contributed by atoms with Crippen molar-refractivity contribution in [2.75, 3.05) is 18.1 Å². The van der Waals surface area contributed by atoms with E-state index in [-0.39, 0.29) is 23.8 Å². The molecular weight excluding hydrogens is 246 g/mol. The Labute approximate surface area is 101 Å². The van der Waals surface area contributed by atoms with Crippen LogP contribution in [0.25, 0.3) is 0 Å². The summed E-state index contributed by atoms with van der Waals surface area (Å²) in [4.78, 5) is 23.6. The molecule has 1 atom stereocenters. The number of carboxylic acids is 1. The van der Waals surface area contributed by atoms with Crippen LogP contribution in [-0.4, -0.2) is 54.4 Å². The van der Waals surface area contributed by atoms with E-state index in [0.717, 1.165) is 0 Å². The number of hydrogen-bond acceptors (Lipinski definition) is 4. The monoisotopic (exact) mass is 263 g/mol. The van der Waals surface area contributed by atoms with E-state index >= 15 is 0 Å². The maximum Gasteiger partial charge on any atom is 0.323 e. The Bertz CT molecular complexity index is 403. The van der Waals surface area contributed by atoms with E-state index in [4.69, 9.17) is 5.11 Å². The first-order chi connectivity index (χ1) is 7.85. The van der Waals surface area contributed by atoms with Crippen LogP contribution in [0.4, 0.5) is 0 Å². The molecule has 1 N–H and O–H groups in total. The lowest BCUT2D eigenvalue weighted by Crippen LogP contribution is -2.44. The predicted octanol–water partition coefficient (Wildman–Crippen LogP) is -0.113. The molecular formula is C10H17NO5S. The number of nitrogens with zero attached hydrogens (tertiary/aromatic N) is 1. The lowest BCUT2D eigenvalue weighted by molar-refractivity contribution is -0.145. The molecule has 1 heterocycles. The van der Waals surface area contributed by atoms with E-state index in [1.54, 1.807) is 0 Å². The van der Waals surface area contributed by atoms with E-state index < -0.39 is 28.4 Å². The van der Waals surface area contributed by atoms with Crippen LogP contribution in [-0.2, 0) is 19.4 Å². The first-order valence-corrected chi connectivity index (χ1v) is 7.39. The maximum absolute atomic E-state index is 11.7. The van der Waals surface area contributed by atoms with Gasteiger partial charge in [-0.2, -0.15) is 0 Å². The number of sulfone groups is 1. The van der Waals surface area contributed by atoms with Crippen molar-refractivity contribution in [1.82, 2.24) is 4.90 Å². The van der Waals surface area contributed by atoms with Crippen molar-refractivity contribution in [3.8, 4) is 0 Å². The van der Waals surface area contributed by atoms with E-state index in [9.17, 15) is 18.0 Å². The molecule has 0 spiro atoms. The van der Waals surface area contributed by atoms with Gasteiger partial charge in [-0.05, 0) is 12.8 Å². The van der Waals surface area contributed by atoms with Crippen LogP contribution in [0.3, 0.4) is 0 Å². The minimum Gasteiger partial charge on any atom is -0.480 e. The Hall–Kier alpha value is -1.11. The summed E-state index contributed by atoms with van der Waals surface area (Å²) in [5, 5.41) is 8.75. The lowest BCUT2D eigenvalue weighted by Gasteiger charge is -2.26. The molecule has 98 valence electrons. The first-order valence-electron chi connectivity index (χ1n) is 5.57. The van der Waals surface area contributed by atoms with Gasteiger partial charge in [0.25, 0.3) is 0 Å². The van der Waals surface area contributed by atoms with Gasteiger partial charge in [0.15, 0.2) is 9.84 Å². The predicted molar refractivity (Wildman–Crippen MR) is 61.3 cm³/mol. The van der Waals surface area contributed by atoms with Crippen molar-refractivity contribution in [3.05, 3.63) is 0 Å². The summed E-state index contributed by atoms with van der Waals surface area (Å²) in [7, 11) is -3.11. The Kier molecular flexibility index (Phi) is 4.50. The molecule has 0 aromatic rings. The molecule has 0 aliphatic carbocycles. The molecule has 0 radical (unpaired) electrons. The van der Waals surface area contributed by atoms with Crippen LogP contribution in [0, 0.1) is 0 Å². The third-order valence-corrected chi connectivity index (χ3v) is 4.49. The van der Waals surface area contributed by atoms with Gasteiger partial charge in [0.2, 0.25) is 5.91 Å². The number of rotatable bonds is 5. The van der Waals surface area contributed by atoms with Crippen LogP contribution in [0.1, 0.15) is 26.2 Å². The molecule has 1 amide bonds. The topological polar surface area (TPSA) is 91.8 Å². The fourth-order valence-electron chi connectivity index (χ4n) is 1.95. The summed E-state index contributed by atoms with van der Waals surface area (Å²) in [6, 6.07) is -0.477. The fraction of sp³-hybridized carbons (Fsp3) is 0.800. The van der Waals surface area contributed by atoms with E-state index in [1.807, 2.05) is 6.92 Å². The summed E-state index contributed by atoms with van der Waals surface area (Å²) in [6.45, 7) is 1.40. The zero-order chi connectivity index (χ0) is 13.1. The van der Waals surface area contributed by atoms with Gasteiger partial charge in [0.1, 0.15) is 6.54 Å². The molecule has 17 heavy (non-hydrogen) atoms. The van der Waals surface area contributed by atoms with E-state index in [0.29, 0.717) is 12.8 Å². The van der Waals surface area contributed by atoms with Gasteiger partial charge in [-0.15, -0.1) is 0 Å². The number of aliphatic carboxylic acids is 1. The average molecular weight is 263 g/mol. The highest BCUT2D eigenvalue weighted by molar-refractivity contribution is 7.91. The highest BCUT2D eigenvalue weighted by atomic mass is 32.2. The van der Waals surface area contributed by atoms with Crippen molar-refractivity contribution in [3.63, 3.8) is 0 Å². The second kappa shape index (κ2) is 5.48. The third kappa shape index (κ3) is 3.99. The van der Waals surface area contributed by atoms with Gasteiger partial charge >= 0.3 is 5.97 Å². The van der Waals surface area contributed by atoms with Crippen LogP contribution >= 0.6 is 0 Å². The molecule has 1 saturated heterocycles. The zero-order valence-electron chi connectivity index (χ0n) is 9.76. The molecule has 6 nitrogen and oxygen atoms in total. The minimum atomic E-state index is -3.11. The second-order valence-corrected chi connectivity index (χ2v) is 6.45. The Morgan fingerprint density at radius 2 is 2.06 bits per heavy atom. The molecule has 0 saturated carbocycles. The SMILES string of the molecule is CCCC(=O)N(CC(=O)O)C1CCS(=O)(=O)C1. The summed E-state index contributed by atoms with van der Waals surface area (Å²) in [5.41, 5.74) is 0. The second-order valence-electron chi connectivity index (χ2n) is 4.22. The quantitative estimate of drug-likeness (QED) is 0.747. The van der Waals surface area contributed by atoms with Crippen LogP contribution in [0.5, 0.6) is 0 Å². The Morgan fingerprint density at radius 3 is 2.47 bits per heavy atom. The Morgan fingerprint density at radius 1 is 1.41 bits per heavy atom. The highest BCUT2D eigenvalue weighted by Gasteiger charge is 2.35. The molecule has 0 aromatic heterocycles. The summed E-state index contributed by atoms with van der Waals surface area (Å²) in [5.74, 6) is -1.47. The standard InChI is InChI=1S/C10H17NO5S/c1-2-3-9(12)11(6-10(13)14)8-4-5-17(15,16)7-8/h8H,2-7H2,1H3,(H,13,14). The molecule has 1 unspecified atom stereocenters. The zero-order valence-corrected chi connectivity index (χ0v) is 10.6. The molecule has 1 rings (SSSR count). The Balaban J connectivity index is 2.76. The normalized spacial score (nSPS) is 22.3. The molecule has 1 aliphatic rings. The largest absolute Gasteiger partial charge is 0.480 e. The van der Waals surface area contributed by atoms with Gasteiger partial charge in [-0.1, -0.05) is 6.92 Å². The average Bonchev–Trinajstić information content (AvgIpc) is 2.55. The van der Waals surface area contributed by atoms with Crippen molar-refractivity contribution in [1.29, 1.82) is 0 Å². The lowest BCUT2D eigenvalue weighted by atomic mass is 10.2. The fourth-order valence-corrected chi connectivity index (χ4v) is 3.68. The summed E-state index contributed by atoms with van der Waals surface area (Å²) < 4.78 is 22.7. The van der Waals surface area contributed by atoms with Gasteiger partial charge < -0.3 is 10.0 Å². The third-order valence-electron chi connectivity index (χ3n) is 2.74.